The maximum Gasteiger partial charge on any atom is 0.434 e. The van der Waals surface area contributed by atoms with Crippen LogP contribution < -0.4 is 10.6 Å². The summed E-state index contributed by atoms with van der Waals surface area (Å²) in [5.74, 6) is 0.970. The Morgan fingerprint density at radius 3 is 2.42 bits per heavy atom. The summed E-state index contributed by atoms with van der Waals surface area (Å²) >= 11 is 0.926. The van der Waals surface area contributed by atoms with E-state index in [0.717, 1.165) is 16.7 Å². The van der Waals surface area contributed by atoms with Crippen LogP contribution in [0.2, 0.25) is 0 Å². The molecule has 0 saturated carbocycles. The fourth-order valence-corrected chi connectivity index (χ4v) is 3.08. The lowest BCUT2D eigenvalue weighted by Gasteiger charge is -2.35. The molecule has 0 spiro atoms. The Bertz CT molecular complexity index is 730. The minimum Gasteiger partial charge on any atom is -0.370 e. The van der Waals surface area contributed by atoms with E-state index in [-0.39, 0.29) is 35.5 Å². The number of alkyl halides is 3. The lowest BCUT2D eigenvalue weighted by atomic mass is 10.3. The maximum atomic E-state index is 12.5. The van der Waals surface area contributed by atoms with E-state index in [1.807, 2.05) is 9.80 Å². The fraction of sp³-hybridized carbons (Fsp3) is 0.429. The molecule has 2 aromatic heterocycles. The number of hydrogen-bond acceptors (Lipinski definition) is 6. The maximum absolute atomic E-state index is 12.5. The molecule has 0 aromatic carbocycles. The van der Waals surface area contributed by atoms with Gasteiger partial charge in [-0.05, 0) is 6.07 Å². The minimum atomic E-state index is -4.43. The monoisotopic (exact) mass is 499 g/mol. The third kappa shape index (κ3) is 5.16. The third-order valence-corrected chi connectivity index (χ3v) is 4.49. The smallest absolute Gasteiger partial charge is 0.370 e. The predicted molar refractivity (Wildman–Crippen MR) is 104 cm³/mol. The first-order chi connectivity index (χ1) is 11.9. The first-order valence-electron chi connectivity index (χ1n) is 7.52. The van der Waals surface area contributed by atoms with Crippen molar-refractivity contribution in [3.05, 3.63) is 34.5 Å². The highest BCUT2D eigenvalue weighted by Crippen LogP contribution is 2.30. The summed E-state index contributed by atoms with van der Waals surface area (Å²) in [5.41, 5.74) is 5.06. The summed E-state index contributed by atoms with van der Waals surface area (Å²) in [4.78, 5) is 20.0. The van der Waals surface area contributed by atoms with Gasteiger partial charge in [0, 0.05) is 44.0 Å². The molecule has 2 aromatic rings. The second-order valence-corrected chi connectivity index (χ2v) is 6.26. The van der Waals surface area contributed by atoms with Crippen LogP contribution in [0.4, 0.5) is 19.1 Å². The van der Waals surface area contributed by atoms with Gasteiger partial charge in [-0.15, -0.1) is 35.3 Å². The highest BCUT2D eigenvalue weighted by Gasteiger charge is 2.33. The number of rotatable bonds is 3. The van der Waals surface area contributed by atoms with Crippen LogP contribution in [0.1, 0.15) is 10.7 Å². The topological polar surface area (TPSA) is 83.5 Å². The molecule has 1 aliphatic heterocycles. The van der Waals surface area contributed by atoms with Crippen molar-refractivity contribution in [1.82, 2.24) is 19.9 Å². The van der Waals surface area contributed by atoms with Gasteiger partial charge in [-0.3, -0.25) is 0 Å². The average molecular weight is 499 g/mol. The molecular formula is C14H17F3IN7S. The Balaban J connectivity index is 0.00000243. The summed E-state index contributed by atoms with van der Waals surface area (Å²) in [6, 6.07) is 1.76. The van der Waals surface area contributed by atoms with E-state index in [1.165, 1.54) is 0 Å². The standard InChI is InChI=1S/C14H16F3N7S.HI/c15-14(16,17)10-9-25-11(22-10)8-21-12(18)23-4-6-24(7-5-23)13-19-2-1-3-20-13;/h1-3,9H,4-8H2,(H2,18,21);1H. The molecule has 26 heavy (non-hydrogen) atoms. The molecule has 0 radical (unpaired) electrons. The largest absolute Gasteiger partial charge is 0.434 e. The zero-order valence-corrected chi connectivity index (χ0v) is 16.7. The van der Waals surface area contributed by atoms with Crippen molar-refractivity contribution in [3.63, 3.8) is 0 Å². The summed E-state index contributed by atoms with van der Waals surface area (Å²) in [6.45, 7) is 2.69. The Hall–Kier alpha value is -1.70. The highest BCUT2D eigenvalue weighted by atomic mass is 127. The Labute approximate surface area is 169 Å². The number of hydrogen-bond donors (Lipinski definition) is 1. The van der Waals surface area contributed by atoms with Gasteiger partial charge >= 0.3 is 6.18 Å². The number of aromatic nitrogens is 3. The molecule has 1 aliphatic rings. The van der Waals surface area contributed by atoms with Gasteiger partial charge in [0.1, 0.15) is 5.01 Å². The predicted octanol–water partition coefficient (Wildman–Crippen LogP) is 2.21. The molecule has 1 fully saturated rings. The number of anilines is 1. The molecule has 3 rings (SSSR count). The van der Waals surface area contributed by atoms with Crippen LogP contribution in [0.25, 0.3) is 0 Å². The van der Waals surface area contributed by atoms with Crippen molar-refractivity contribution >= 4 is 47.2 Å². The summed E-state index contributed by atoms with van der Waals surface area (Å²) < 4.78 is 37.6. The van der Waals surface area contributed by atoms with Crippen LogP contribution in [0.3, 0.4) is 0 Å². The van der Waals surface area contributed by atoms with Crippen LogP contribution in [-0.2, 0) is 12.7 Å². The van der Waals surface area contributed by atoms with Crippen molar-refractivity contribution in [2.45, 2.75) is 12.7 Å². The van der Waals surface area contributed by atoms with E-state index in [9.17, 15) is 13.2 Å². The highest BCUT2D eigenvalue weighted by molar-refractivity contribution is 14.0. The molecule has 142 valence electrons. The number of piperazine rings is 1. The van der Waals surface area contributed by atoms with Crippen LogP contribution in [0.15, 0.2) is 28.8 Å². The van der Waals surface area contributed by atoms with Gasteiger partial charge in [0.05, 0.1) is 6.54 Å². The Kier molecular flexibility index (Phi) is 6.97. The fourth-order valence-electron chi connectivity index (χ4n) is 2.35. The van der Waals surface area contributed by atoms with Gasteiger partial charge in [0.15, 0.2) is 11.7 Å². The zero-order valence-electron chi connectivity index (χ0n) is 13.6. The number of nitrogens with zero attached hydrogens (tertiary/aromatic N) is 6. The molecule has 3 heterocycles. The van der Waals surface area contributed by atoms with Crippen LogP contribution in [0, 0.1) is 0 Å². The van der Waals surface area contributed by atoms with Crippen molar-refractivity contribution < 1.29 is 13.2 Å². The van der Waals surface area contributed by atoms with Crippen molar-refractivity contribution in [2.75, 3.05) is 31.1 Å². The second-order valence-electron chi connectivity index (χ2n) is 5.32. The molecule has 0 unspecified atom stereocenters. The molecular weight excluding hydrogens is 482 g/mol. The first kappa shape index (κ1) is 20.6. The quantitative estimate of drug-likeness (QED) is 0.396. The van der Waals surface area contributed by atoms with Crippen LogP contribution >= 0.6 is 35.3 Å². The number of halogens is 4. The summed E-state index contributed by atoms with van der Waals surface area (Å²) in [5, 5.41) is 1.27. The SMILES string of the molecule is I.NC(=NCc1nc(C(F)(F)F)cs1)N1CCN(c2ncccn2)CC1. The molecule has 12 heteroatoms. The second kappa shape index (κ2) is 8.79. The zero-order chi connectivity index (χ0) is 17.9. The number of guanidine groups is 1. The molecule has 0 atom stereocenters. The lowest BCUT2D eigenvalue weighted by molar-refractivity contribution is -0.140. The number of nitrogens with two attached hydrogens (primary N) is 1. The first-order valence-corrected chi connectivity index (χ1v) is 8.40. The van der Waals surface area contributed by atoms with Gasteiger partial charge < -0.3 is 15.5 Å². The van der Waals surface area contributed by atoms with Crippen molar-refractivity contribution in [3.8, 4) is 0 Å². The molecule has 0 amide bonds. The number of aliphatic imine (C=N–C) groups is 1. The van der Waals surface area contributed by atoms with E-state index >= 15 is 0 Å². The number of thiazole rings is 1. The van der Waals surface area contributed by atoms with Gasteiger partial charge in [-0.1, -0.05) is 0 Å². The Morgan fingerprint density at radius 1 is 1.19 bits per heavy atom. The summed E-state index contributed by atoms with van der Waals surface area (Å²) in [7, 11) is 0. The van der Waals surface area contributed by atoms with Crippen molar-refractivity contribution in [2.24, 2.45) is 10.7 Å². The van der Waals surface area contributed by atoms with E-state index in [1.54, 1.807) is 18.5 Å². The van der Waals surface area contributed by atoms with E-state index in [0.29, 0.717) is 38.1 Å². The lowest BCUT2D eigenvalue weighted by Crippen LogP contribution is -2.51. The minimum absolute atomic E-state index is 0. The van der Waals surface area contributed by atoms with E-state index < -0.39 is 11.9 Å². The average Bonchev–Trinajstić information content (AvgIpc) is 3.10. The van der Waals surface area contributed by atoms with E-state index in [2.05, 4.69) is 19.9 Å². The van der Waals surface area contributed by atoms with Gasteiger partial charge in [-0.2, -0.15) is 13.2 Å². The molecule has 0 aliphatic carbocycles. The van der Waals surface area contributed by atoms with Gasteiger partial charge in [0.25, 0.3) is 0 Å². The molecule has 0 bridgehead atoms. The Morgan fingerprint density at radius 2 is 1.85 bits per heavy atom. The van der Waals surface area contributed by atoms with Crippen LogP contribution in [0.5, 0.6) is 0 Å². The molecule has 2 N–H and O–H groups in total. The molecule has 7 nitrogen and oxygen atoms in total. The third-order valence-electron chi connectivity index (χ3n) is 3.66. The van der Waals surface area contributed by atoms with E-state index in [4.69, 9.17) is 5.73 Å². The van der Waals surface area contributed by atoms with Crippen LogP contribution in [-0.4, -0.2) is 52.0 Å². The summed E-state index contributed by atoms with van der Waals surface area (Å²) in [6.07, 6.45) is -1.05. The normalized spacial score (nSPS) is 15.7. The van der Waals surface area contributed by atoms with Crippen molar-refractivity contribution in [1.29, 1.82) is 0 Å². The van der Waals surface area contributed by atoms with Gasteiger partial charge in [0.2, 0.25) is 5.95 Å². The molecule has 1 saturated heterocycles. The van der Waals surface area contributed by atoms with Gasteiger partial charge in [-0.25, -0.2) is 19.9 Å².